The number of halogens is 3. The fourth-order valence-corrected chi connectivity index (χ4v) is 2.43. The van der Waals surface area contributed by atoms with E-state index in [1.54, 1.807) is 0 Å². The Labute approximate surface area is 129 Å². The lowest BCUT2D eigenvalue weighted by Gasteiger charge is -2.19. The summed E-state index contributed by atoms with van der Waals surface area (Å²) in [6.07, 6.45) is -7.51. The van der Waals surface area contributed by atoms with Crippen molar-refractivity contribution in [1.29, 1.82) is 5.26 Å². The smallest absolute Gasteiger partial charge is 0.390 e. The molecule has 1 aromatic rings. The Morgan fingerprint density at radius 3 is 2.55 bits per heavy atom. The number of benzene rings is 1. The first-order chi connectivity index (χ1) is 10.2. The molecule has 0 amide bonds. The van der Waals surface area contributed by atoms with Crippen LogP contribution < -0.4 is 0 Å². The third-order valence-electron chi connectivity index (χ3n) is 2.89. The molecule has 0 heterocycles. The maximum atomic E-state index is 12.8. The van der Waals surface area contributed by atoms with Crippen molar-refractivity contribution in [2.24, 2.45) is 0 Å². The predicted molar refractivity (Wildman–Crippen MR) is 74.9 cm³/mol. The third-order valence-corrected chi connectivity index (χ3v) is 3.74. The van der Waals surface area contributed by atoms with Crippen molar-refractivity contribution in [2.75, 3.05) is 5.75 Å². The molecule has 0 bridgehead atoms. The van der Waals surface area contributed by atoms with Crippen LogP contribution in [0.15, 0.2) is 18.2 Å². The third kappa shape index (κ3) is 5.02. The Balaban J connectivity index is 2.92. The summed E-state index contributed by atoms with van der Waals surface area (Å²) >= 11 is 0.953. The molecule has 0 aromatic heterocycles. The van der Waals surface area contributed by atoms with Gasteiger partial charge >= 0.3 is 6.18 Å². The molecule has 8 heteroatoms. The number of carbonyl (C=O) groups is 1. The first-order valence-electron chi connectivity index (χ1n) is 6.27. The van der Waals surface area contributed by atoms with Gasteiger partial charge in [0.25, 0.3) is 0 Å². The number of carbonyl (C=O) groups excluding carboxylic acids is 1. The number of hydrogen-bond donors (Lipinski definition) is 2. The second-order valence-electron chi connectivity index (χ2n) is 4.56. The zero-order chi connectivity index (χ0) is 16.9. The Hall–Kier alpha value is -1.56. The fourth-order valence-electron chi connectivity index (χ4n) is 1.78. The SMILES string of the molecule is CC(=O)SCCC(O)C(O)c1ccc(C#N)c(C(F)(F)F)c1. The number of aliphatic hydroxyl groups is 2. The van der Waals surface area contributed by atoms with E-state index in [0.29, 0.717) is 6.07 Å². The van der Waals surface area contributed by atoms with Crippen molar-refractivity contribution in [3.8, 4) is 6.07 Å². The van der Waals surface area contributed by atoms with E-state index in [1.165, 1.54) is 19.1 Å². The topological polar surface area (TPSA) is 81.3 Å². The molecule has 0 spiro atoms. The van der Waals surface area contributed by atoms with Gasteiger partial charge in [0.15, 0.2) is 5.12 Å². The lowest BCUT2D eigenvalue weighted by atomic mass is 9.97. The number of nitrogens with zero attached hydrogens (tertiary/aromatic N) is 1. The Morgan fingerprint density at radius 2 is 2.05 bits per heavy atom. The second kappa shape index (κ2) is 7.63. The van der Waals surface area contributed by atoms with Crippen LogP contribution in [-0.4, -0.2) is 27.2 Å². The van der Waals surface area contributed by atoms with Gasteiger partial charge in [-0.25, -0.2) is 0 Å². The van der Waals surface area contributed by atoms with Gasteiger partial charge in [0, 0.05) is 12.7 Å². The van der Waals surface area contributed by atoms with Crippen LogP contribution in [0.25, 0.3) is 0 Å². The van der Waals surface area contributed by atoms with Gasteiger partial charge in [0.1, 0.15) is 6.10 Å². The van der Waals surface area contributed by atoms with Gasteiger partial charge in [-0.05, 0) is 24.1 Å². The minimum Gasteiger partial charge on any atom is -0.390 e. The quantitative estimate of drug-likeness (QED) is 0.866. The molecule has 0 saturated carbocycles. The largest absolute Gasteiger partial charge is 0.417 e. The minimum atomic E-state index is -4.73. The molecule has 0 aliphatic carbocycles. The Bertz CT molecular complexity index is 584. The fraction of sp³-hybridized carbons (Fsp3) is 0.429. The molecule has 1 rings (SSSR count). The summed E-state index contributed by atoms with van der Waals surface area (Å²) in [5.41, 5.74) is -1.84. The van der Waals surface area contributed by atoms with Gasteiger partial charge in [-0.3, -0.25) is 4.79 Å². The van der Waals surface area contributed by atoms with E-state index in [4.69, 9.17) is 5.26 Å². The highest BCUT2D eigenvalue weighted by atomic mass is 32.2. The van der Waals surface area contributed by atoms with Gasteiger partial charge in [0.05, 0.1) is 23.3 Å². The van der Waals surface area contributed by atoms with Crippen LogP contribution in [0.3, 0.4) is 0 Å². The van der Waals surface area contributed by atoms with E-state index in [-0.39, 0.29) is 22.9 Å². The molecule has 0 saturated heterocycles. The molecular weight excluding hydrogens is 319 g/mol. The van der Waals surface area contributed by atoms with Crippen molar-refractivity contribution in [1.82, 2.24) is 0 Å². The first kappa shape index (κ1) is 18.5. The van der Waals surface area contributed by atoms with E-state index < -0.39 is 29.5 Å². The molecule has 0 radical (unpaired) electrons. The first-order valence-corrected chi connectivity index (χ1v) is 7.26. The molecule has 4 nitrogen and oxygen atoms in total. The summed E-state index contributed by atoms with van der Waals surface area (Å²) in [6.45, 7) is 1.35. The highest BCUT2D eigenvalue weighted by molar-refractivity contribution is 8.13. The number of alkyl halides is 3. The number of nitriles is 1. The zero-order valence-electron chi connectivity index (χ0n) is 11.6. The normalized spacial score (nSPS) is 14.2. The van der Waals surface area contributed by atoms with Crippen LogP contribution in [0.2, 0.25) is 0 Å². The molecule has 2 N–H and O–H groups in total. The highest BCUT2D eigenvalue weighted by Gasteiger charge is 2.34. The lowest BCUT2D eigenvalue weighted by Crippen LogP contribution is -2.20. The van der Waals surface area contributed by atoms with E-state index in [9.17, 15) is 28.2 Å². The summed E-state index contributed by atoms with van der Waals surface area (Å²) < 4.78 is 38.5. The van der Waals surface area contributed by atoms with Gasteiger partial charge in [-0.15, -0.1) is 0 Å². The van der Waals surface area contributed by atoms with Gasteiger partial charge < -0.3 is 10.2 Å². The molecule has 22 heavy (non-hydrogen) atoms. The Kier molecular flexibility index (Phi) is 6.41. The molecule has 2 unspecified atom stereocenters. The van der Waals surface area contributed by atoms with Crippen LogP contribution in [0.5, 0.6) is 0 Å². The highest BCUT2D eigenvalue weighted by Crippen LogP contribution is 2.34. The summed E-state index contributed by atoms with van der Waals surface area (Å²) in [7, 11) is 0. The molecule has 0 fully saturated rings. The standard InChI is InChI=1S/C14H14F3NO3S/c1-8(19)22-5-4-12(20)13(21)9-2-3-10(7-18)11(6-9)14(15,16)17/h2-3,6,12-13,20-21H,4-5H2,1H3. The number of thioether (sulfide) groups is 1. The molecule has 2 atom stereocenters. The molecule has 0 aliphatic rings. The summed E-state index contributed by atoms with van der Waals surface area (Å²) in [6, 6.07) is 4.22. The van der Waals surface area contributed by atoms with Crippen molar-refractivity contribution in [2.45, 2.75) is 31.7 Å². The van der Waals surface area contributed by atoms with Crippen LogP contribution in [0.1, 0.15) is 36.1 Å². The number of rotatable bonds is 5. The van der Waals surface area contributed by atoms with Crippen molar-refractivity contribution < 1.29 is 28.2 Å². The predicted octanol–water partition coefficient (Wildman–Crippen LogP) is 2.64. The monoisotopic (exact) mass is 333 g/mol. The average Bonchev–Trinajstić information content (AvgIpc) is 2.44. The number of hydrogen-bond acceptors (Lipinski definition) is 5. The maximum Gasteiger partial charge on any atom is 0.417 e. The molecule has 0 aliphatic heterocycles. The van der Waals surface area contributed by atoms with E-state index in [2.05, 4.69) is 0 Å². The van der Waals surface area contributed by atoms with Crippen molar-refractivity contribution in [3.05, 3.63) is 34.9 Å². The average molecular weight is 333 g/mol. The van der Waals surface area contributed by atoms with Crippen LogP contribution in [0.4, 0.5) is 13.2 Å². The van der Waals surface area contributed by atoms with Crippen molar-refractivity contribution in [3.63, 3.8) is 0 Å². The summed E-state index contributed by atoms with van der Waals surface area (Å²) in [5, 5.41) is 28.2. The molecule has 1 aromatic carbocycles. The zero-order valence-corrected chi connectivity index (χ0v) is 12.4. The summed E-state index contributed by atoms with van der Waals surface area (Å²) in [5.74, 6) is 0.246. The van der Waals surface area contributed by atoms with Gasteiger partial charge in [-0.2, -0.15) is 18.4 Å². The number of aliphatic hydroxyl groups excluding tert-OH is 2. The van der Waals surface area contributed by atoms with E-state index >= 15 is 0 Å². The Morgan fingerprint density at radius 1 is 1.41 bits per heavy atom. The van der Waals surface area contributed by atoms with Crippen LogP contribution in [0, 0.1) is 11.3 Å². The van der Waals surface area contributed by atoms with Crippen LogP contribution >= 0.6 is 11.8 Å². The lowest BCUT2D eigenvalue weighted by molar-refractivity contribution is -0.138. The van der Waals surface area contributed by atoms with E-state index in [1.807, 2.05) is 0 Å². The van der Waals surface area contributed by atoms with Crippen LogP contribution in [-0.2, 0) is 11.0 Å². The molecular formula is C14H14F3NO3S. The maximum absolute atomic E-state index is 12.8. The summed E-state index contributed by atoms with van der Waals surface area (Å²) in [4.78, 5) is 10.8. The second-order valence-corrected chi connectivity index (χ2v) is 5.83. The van der Waals surface area contributed by atoms with Crippen molar-refractivity contribution >= 4 is 16.9 Å². The van der Waals surface area contributed by atoms with E-state index in [0.717, 1.165) is 17.8 Å². The van der Waals surface area contributed by atoms with Gasteiger partial charge in [0.2, 0.25) is 0 Å². The minimum absolute atomic E-state index is 0.0484. The van der Waals surface area contributed by atoms with Gasteiger partial charge in [-0.1, -0.05) is 17.8 Å². The molecule has 120 valence electrons.